The maximum atomic E-state index is 9.02. The summed E-state index contributed by atoms with van der Waals surface area (Å²) >= 11 is 1.92. The highest BCUT2D eigenvalue weighted by Gasteiger charge is 2.27. The standard InChI is InChI=1S/C8H17NO2S/c1-8(5-10,6-11)9-7-2-3-12-4-7/h7,9-11H,2-6H2,1H3. The molecule has 1 aliphatic rings. The fraction of sp³-hybridized carbons (Fsp3) is 1.00. The largest absolute Gasteiger partial charge is 0.394 e. The molecule has 0 amide bonds. The zero-order valence-corrected chi connectivity index (χ0v) is 8.23. The van der Waals surface area contributed by atoms with Crippen molar-refractivity contribution in [2.24, 2.45) is 0 Å². The van der Waals surface area contributed by atoms with Crippen LogP contribution in [0, 0.1) is 0 Å². The molecule has 1 fully saturated rings. The minimum Gasteiger partial charge on any atom is -0.394 e. The van der Waals surface area contributed by atoms with Crippen molar-refractivity contribution in [2.45, 2.75) is 24.9 Å². The third-order valence-corrected chi connectivity index (χ3v) is 3.34. The molecule has 0 bridgehead atoms. The Labute approximate surface area is 77.5 Å². The van der Waals surface area contributed by atoms with E-state index in [9.17, 15) is 0 Å². The minimum absolute atomic E-state index is 0.00926. The van der Waals surface area contributed by atoms with Crippen LogP contribution in [0.1, 0.15) is 13.3 Å². The second-order valence-electron chi connectivity index (χ2n) is 3.58. The first kappa shape index (κ1) is 10.3. The average Bonchev–Trinajstić information content (AvgIpc) is 2.57. The molecule has 3 nitrogen and oxygen atoms in total. The van der Waals surface area contributed by atoms with Crippen molar-refractivity contribution < 1.29 is 10.2 Å². The topological polar surface area (TPSA) is 52.5 Å². The number of aliphatic hydroxyl groups excluding tert-OH is 2. The van der Waals surface area contributed by atoms with Gasteiger partial charge in [-0.3, -0.25) is 0 Å². The lowest BCUT2D eigenvalue weighted by molar-refractivity contribution is 0.0965. The molecule has 1 aliphatic heterocycles. The van der Waals surface area contributed by atoms with Gasteiger partial charge in [-0.1, -0.05) is 0 Å². The molecule has 1 rings (SSSR count). The van der Waals surface area contributed by atoms with E-state index in [2.05, 4.69) is 5.32 Å². The molecule has 4 heteroatoms. The third-order valence-electron chi connectivity index (χ3n) is 2.18. The van der Waals surface area contributed by atoms with Crippen LogP contribution in [0.5, 0.6) is 0 Å². The molecule has 72 valence electrons. The first-order valence-electron chi connectivity index (χ1n) is 4.27. The van der Waals surface area contributed by atoms with Crippen LogP contribution in [0.4, 0.5) is 0 Å². The lowest BCUT2D eigenvalue weighted by atomic mass is 10.0. The first-order valence-corrected chi connectivity index (χ1v) is 5.43. The van der Waals surface area contributed by atoms with Crippen LogP contribution >= 0.6 is 11.8 Å². The Balaban J connectivity index is 2.35. The van der Waals surface area contributed by atoms with Crippen LogP contribution < -0.4 is 5.32 Å². The summed E-state index contributed by atoms with van der Waals surface area (Å²) in [5, 5.41) is 21.3. The van der Waals surface area contributed by atoms with Crippen molar-refractivity contribution in [3.8, 4) is 0 Å². The number of hydrogen-bond acceptors (Lipinski definition) is 4. The van der Waals surface area contributed by atoms with Gasteiger partial charge in [0.15, 0.2) is 0 Å². The Hall–Kier alpha value is 0.230. The Morgan fingerprint density at radius 1 is 1.50 bits per heavy atom. The molecule has 0 saturated carbocycles. The number of hydrogen-bond donors (Lipinski definition) is 3. The van der Waals surface area contributed by atoms with Gasteiger partial charge in [0.25, 0.3) is 0 Å². The lowest BCUT2D eigenvalue weighted by Gasteiger charge is -2.29. The van der Waals surface area contributed by atoms with Gasteiger partial charge in [0, 0.05) is 11.8 Å². The quantitative estimate of drug-likeness (QED) is 0.577. The van der Waals surface area contributed by atoms with Gasteiger partial charge in [-0.15, -0.1) is 0 Å². The Morgan fingerprint density at radius 3 is 2.58 bits per heavy atom. The van der Waals surface area contributed by atoms with Crippen LogP contribution in [-0.2, 0) is 0 Å². The molecule has 0 aromatic carbocycles. The van der Waals surface area contributed by atoms with E-state index < -0.39 is 5.54 Å². The van der Waals surface area contributed by atoms with E-state index in [-0.39, 0.29) is 13.2 Å². The Kier molecular flexibility index (Phi) is 3.83. The van der Waals surface area contributed by atoms with E-state index in [1.807, 2.05) is 18.7 Å². The predicted molar refractivity (Wildman–Crippen MR) is 51.4 cm³/mol. The zero-order chi connectivity index (χ0) is 9.03. The smallest absolute Gasteiger partial charge is 0.0633 e. The van der Waals surface area contributed by atoms with E-state index >= 15 is 0 Å². The number of rotatable bonds is 4. The average molecular weight is 191 g/mol. The van der Waals surface area contributed by atoms with E-state index in [1.54, 1.807) is 0 Å². The van der Waals surface area contributed by atoms with Gasteiger partial charge in [0.2, 0.25) is 0 Å². The normalized spacial score (nSPS) is 24.8. The molecular weight excluding hydrogens is 174 g/mol. The number of aliphatic hydroxyl groups is 2. The van der Waals surface area contributed by atoms with Crippen molar-refractivity contribution >= 4 is 11.8 Å². The molecule has 0 aliphatic carbocycles. The molecule has 1 atom stereocenters. The summed E-state index contributed by atoms with van der Waals surface area (Å²) in [7, 11) is 0. The molecule has 0 aromatic heterocycles. The summed E-state index contributed by atoms with van der Waals surface area (Å²) < 4.78 is 0. The molecule has 1 heterocycles. The molecule has 3 N–H and O–H groups in total. The number of nitrogens with one attached hydrogen (secondary N) is 1. The summed E-state index contributed by atoms with van der Waals surface area (Å²) in [6, 6.07) is 0.458. The van der Waals surface area contributed by atoms with E-state index in [0.29, 0.717) is 6.04 Å². The number of thioether (sulfide) groups is 1. The van der Waals surface area contributed by atoms with Crippen molar-refractivity contribution in [1.29, 1.82) is 0 Å². The van der Waals surface area contributed by atoms with Crippen LogP contribution in [0.3, 0.4) is 0 Å². The highest BCUT2D eigenvalue weighted by atomic mass is 32.2. The third kappa shape index (κ3) is 2.62. The summed E-state index contributed by atoms with van der Waals surface area (Å²) in [5.41, 5.74) is -0.504. The summed E-state index contributed by atoms with van der Waals surface area (Å²) in [6.07, 6.45) is 1.14. The highest BCUT2D eigenvalue weighted by Crippen LogP contribution is 2.19. The second-order valence-corrected chi connectivity index (χ2v) is 4.73. The minimum atomic E-state index is -0.504. The molecule has 0 aromatic rings. The predicted octanol–water partition coefficient (Wildman–Crippen LogP) is -0.175. The highest BCUT2D eigenvalue weighted by molar-refractivity contribution is 7.99. The molecule has 0 radical (unpaired) electrons. The van der Waals surface area contributed by atoms with Gasteiger partial charge in [0.1, 0.15) is 0 Å². The second kappa shape index (κ2) is 4.46. The van der Waals surface area contributed by atoms with Gasteiger partial charge in [-0.25, -0.2) is 0 Å². The fourth-order valence-corrected chi connectivity index (χ4v) is 2.43. The maximum Gasteiger partial charge on any atom is 0.0633 e. The van der Waals surface area contributed by atoms with E-state index in [1.165, 1.54) is 5.75 Å². The maximum absolute atomic E-state index is 9.02. The lowest BCUT2D eigenvalue weighted by Crippen LogP contribution is -2.53. The van der Waals surface area contributed by atoms with Crippen LogP contribution in [-0.4, -0.2) is 46.5 Å². The molecule has 0 spiro atoms. The van der Waals surface area contributed by atoms with Gasteiger partial charge in [-0.2, -0.15) is 11.8 Å². The molecule has 1 unspecified atom stereocenters. The van der Waals surface area contributed by atoms with Gasteiger partial charge in [0.05, 0.1) is 18.8 Å². The van der Waals surface area contributed by atoms with Crippen LogP contribution in [0.25, 0.3) is 0 Å². The summed E-state index contributed by atoms with van der Waals surface area (Å²) in [6.45, 7) is 1.82. The molecule has 12 heavy (non-hydrogen) atoms. The van der Waals surface area contributed by atoms with Crippen LogP contribution in [0.15, 0.2) is 0 Å². The summed E-state index contributed by atoms with van der Waals surface area (Å²) in [5.74, 6) is 2.28. The SMILES string of the molecule is CC(CO)(CO)NC1CCSC1. The Bertz CT molecular complexity index is 133. The summed E-state index contributed by atoms with van der Waals surface area (Å²) in [4.78, 5) is 0. The van der Waals surface area contributed by atoms with Gasteiger partial charge in [-0.05, 0) is 19.1 Å². The monoisotopic (exact) mass is 191 g/mol. The van der Waals surface area contributed by atoms with E-state index in [0.717, 1.165) is 12.2 Å². The van der Waals surface area contributed by atoms with Crippen molar-refractivity contribution in [3.05, 3.63) is 0 Å². The molecule has 1 saturated heterocycles. The van der Waals surface area contributed by atoms with Gasteiger partial charge >= 0.3 is 0 Å². The van der Waals surface area contributed by atoms with Crippen molar-refractivity contribution in [2.75, 3.05) is 24.7 Å². The first-order chi connectivity index (χ1) is 5.70. The molecular formula is C8H17NO2S. The van der Waals surface area contributed by atoms with Crippen molar-refractivity contribution in [3.63, 3.8) is 0 Å². The van der Waals surface area contributed by atoms with Gasteiger partial charge < -0.3 is 15.5 Å². The van der Waals surface area contributed by atoms with Crippen LogP contribution in [0.2, 0.25) is 0 Å². The van der Waals surface area contributed by atoms with E-state index in [4.69, 9.17) is 10.2 Å². The zero-order valence-electron chi connectivity index (χ0n) is 7.42. The van der Waals surface area contributed by atoms with Crippen molar-refractivity contribution in [1.82, 2.24) is 5.32 Å². The Morgan fingerprint density at radius 2 is 2.17 bits per heavy atom. The fourth-order valence-electron chi connectivity index (χ4n) is 1.28.